The zero-order valence-electron chi connectivity index (χ0n) is 14.9. The fourth-order valence-corrected chi connectivity index (χ4v) is 5.29. The van der Waals surface area contributed by atoms with Crippen LogP contribution in [-0.4, -0.2) is 61.1 Å². The van der Waals surface area contributed by atoms with E-state index in [9.17, 15) is 18.0 Å². The smallest absolute Gasteiger partial charge is 0.410 e. The van der Waals surface area contributed by atoms with Gasteiger partial charge in [-0.05, 0) is 47.0 Å². The minimum atomic E-state index is -3.07. The van der Waals surface area contributed by atoms with Crippen molar-refractivity contribution in [2.75, 3.05) is 24.6 Å². The Labute approximate surface area is 144 Å². The van der Waals surface area contributed by atoms with Gasteiger partial charge in [-0.3, -0.25) is 4.79 Å². The Morgan fingerprint density at radius 3 is 2.50 bits per heavy atom. The summed E-state index contributed by atoms with van der Waals surface area (Å²) in [7, 11) is -3.07. The number of hydrogen-bond acceptors (Lipinski definition) is 5. The van der Waals surface area contributed by atoms with Crippen LogP contribution in [0.15, 0.2) is 0 Å². The lowest BCUT2D eigenvalue weighted by Crippen LogP contribution is -2.53. The van der Waals surface area contributed by atoms with Gasteiger partial charge in [0, 0.05) is 13.1 Å². The quantitative estimate of drug-likeness (QED) is 0.802. The van der Waals surface area contributed by atoms with Gasteiger partial charge >= 0.3 is 6.09 Å². The normalized spacial score (nSPS) is 30.0. The van der Waals surface area contributed by atoms with Gasteiger partial charge < -0.3 is 15.0 Å². The number of nitrogens with zero attached hydrogens (tertiary/aromatic N) is 1. The summed E-state index contributed by atoms with van der Waals surface area (Å²) in [4.78, 5) is 26.3. The van der Waals surface area contributed by atoms with Crippen molar-refractivity contribution in [1.29, 1.82) is 0 Å². The second-order valence-corrected chi connectivity index (χ2v) is 10.3. The molecule has 0 bridgehead atoms. The highest BCUT2D eigenvalue weighted by Crippen LogP contribution is 2.25. The summed E-state index contributed by atoms with van der Waals surface area (Å²) in [6.45, 7) is 8.07. The van der Waals surface area contributed by atoms with Crippen LogP contribution in [0.2, 0.25) is 0 Å². The Morgan fingerprint density at radius 1 is 1.29 bits per heavy atom. The summed E-state index contributed by atoms with van der Waals surface area (Å²) in [5.74, 6) is -0.415. The Bertz CT molecular complexity index is 610. The molecule has 0 radical (unpaired) electrons. The molecular weight excluding hydrogens is 332 g/mol. The van der Waals surface area contributed by atoms with E-state index in [4.69, 9.17) is 4.74 Å². The van der Waals surface area contributed by atoms with E-state index in [0.717, 1.165) is 6.42 Å². The van der Waals surface area contributed by atoms with Gasteiger partial charge in [-0.25, -0.2) is 13.2 Å². The molecule has 8 heteroatoms. The van der Waals surface area contributed by atoms with Crippen molar-refractivity contribution in [3.05, 3.63) is 0 Å². The van der Waals surface area contributed by atoms with Crippen LogP contribution in [0, 0.1) is 5.92 Å². The maximum absolute atomic E-state index is 12.5. The summed E-state index contributed by atoms with van der Waals surface area (Å²) in [6.07, 6.45) is 1.44. The first kappa shape index (κ1) is 19.0. The Kier molecular flexibility index (Phi) is 5.18. The highest BCUT2D eigenvalue weighted by atomic mass is 32.2. The number of carbonyl (C=O) groups is 2. The van der Waals surface area contributed by atoms with E-state index in [1.54, 1.807) is 32.6 Å². The zero-order chi connectivity index (χ0) is 18.2. The molecule has 0 aromatic heterocycles. The van der Waals surface area contributed by atoms with Crippen LogP contribution in [0.5, 0.6) is 0 Å². The molecule has 138 valence electrons. The van der Waals surface area contributed by atoms with E-state index in [0.29, 0.717) is 25.9 Å². The first-order valence-electron chi connectivity index (χ1n) is 8.40. The fourth-order valence-electron chi connectivity index (χ4n) is 3.19. The highest BCUT2D eigenvalue weighted by Gasteiger charge is 2.41. The van der Waals surface area contributed by atoms with Crippen molar-refractivity contribution < 1.29 is 22.7 Å². The third kappa shape index (κ3) is 5.09. The number of likely N-dealkylation sites (tertiary alicyclic amines) is 1. The molecule has 0 spiro atoms. The van der Waals surface area contributed by atoms with Gasteiger partial charge in [0.15, 0.2) is 9.84 Å². The molecule has 24 heavy (non-hydrogen) atoms. The average Bonchev–Trinajstić information content (AvgIpc) is 2.70. The van der Waals surface area contributed by atoms with Crippen molar-refractivity contribution >= 4 is 21.8 Å². The zero-order valence-corrected chi connectivity index (χ0v) is 15.7. The molecule has 2 unspecified atom stereocenters. The second-order valence-electron chi connectivity index (χ2n) is 8.16. The minimum absolute atomic E-state index is 0.0196. The summed E-state index contributed by atoms with van der Waals surface area (Å²) in [6, 6.07) is 0. The minimum Gasteiger partial charge on any atom is -0.444 e. The van der Waals surface area contributed by atoms with Crippen molar-refractivity contribution in [2.24, 2.45) is 5.92 Å². The molecule has 2 aliphatic heterocycles. The van der Waals surface area contributed by atoms with Crippen LogP contribution in [0.25, 0.3) is 0 Å². The van der Waals surface area contributed by atoms with Crippen molar-refractivity contribution in [1.82, 2.24) is 10.2 Å². The van der Waals surface area contributed by atoms with Gasteiger partial charge in [0.05, 0.1) is 23.0 Å². The topological polar surface area (TPSA) is 92.8 Å². The average molecular weight is 360 g/mol. The number of rotatable bonds is 2. The van der Waals surface area contributed by atoms with Gasteiger partial charge in [0.2, 0.25) is 5.91 Å². The van der Waals surface area contributed by atoms with Crippen molar-refractivity contribution in [3.8, 4) is 0 Å². The number of amides is 2. The van der Waals surface area contributed by atoms with Gasteiger partial charge in [0.25, 0.3) is 0 Å². The number of carbonyl (C=O) groups excluding carboxylic acids is 2. The predicted octanol–water partition coefficient (Wildman–Crippen LogP) is 1.33. The van der Waals surface area contributed by atoms with Crippen LogP contribution in [-0.2, 0) is 19.4 Å². The van der Waals surface area contributed by atoms with E-state index in [1.807, 2.05) is 0 Å². The Morgan fingerprint density at radius 2 is 1.96 bits per heavy atom. The van der Waals surface area contributed by atoms with Crippen LogP contribution >= 0.6 is 0 Å². The lowest BCUT2D eigenvalue weighted by atomic mass is 9.94. The summed E-state index contributed by atoms with van der Waals surface area (Å²) < 4.78 is 28.7. The molecular formula is C16H28N2O5S. The van der Waals surface area contributed by atoms with Gasteiger partial charge in [-0.1, -0.05) is 0 Å². The maximum atomic E-state index is 12.5. The number of ether oxygens (including phenoxy) is 1. The lowest BCUT2D eigenvalue weighted by molar-refractivity contribution is -0.128. The highest BCUT2D eigenvalue weighted by molar-refractivity contribution is 7.91. The Balaban J connectivity index is 1.94. The van der Waals surface area contributed by atoms with E-state index >= 15 is 0 Å². The lowest BCUT2D eigenvalue weighted by Gasteiger charge is -2.35. The first-order chi connectivity index (χ1) is 10.9. The summed E-state index contributed by atoms with van der Waals surface area (Å²) in [5, 5.41) is 2.89. The van der Waals surface area contributed by atoms with E-state index in [1.165, 1.54) is 0 Å². The molecule has 2 aliphatic rings. The van der Waals surface area contributed by atoms with Crippen molar-refractivity contribution in [3.63, 3.8) is 0 Å². The van der Waals surface area contributed by atoms with Crippen LogP contribution < -0.4 is 5.32 Å². The van der Waals surface area contributed by atoms with Crippen LogP contribution in [0.3, 0.4) is 0 Å². The van der Waals surface area contributed by atoms with Crippen LogP contribution in [0.1, 0.15) is 47.0 Å². The Hall–Kier alpha value is -1.31. The molecule has 2 rings (SSSR count). The molecule has 2 fully saturated rings. The molecule has 2 atom stereocenters. The van der Waals surface area contributed by atoms with E-state index in [-0.39, 0.29) is 23.3 Å². The molecule has 0 aromatic carbocycles. The third-order valence-electron chi connectivity index (χ3n) is 4.37. The fraction of sp³-hybridized carbons (Fsp3) is 0.875. The van der Waals surface area contributed by atoms with E-state index < -0.39 is 27.1 Å². The monoisotopic (exact) mass is 360 g/mol. The maximum Gasteiger partial charge on any atom is 0.410 e. The molecule has 2 amide bonds. The van der Waals surface area contributed by atoms with Gasteiger partial charge in [-0.15, -0.1) is 0 Å². The van der Waals surface area contributed by atoms with Gasteiger partial charge in [-0.2, -0.15) is 0 Å². The third-order valence-corrected chi connectivity index (χ3v) is 6.28. The van der Waals surface area contributed by atoms with E-state index in [2.05, 4.69) is 5.32 Å². The molecule has 7 nitrogen and oxygen atoms in total. The standard InChI is InChI=1S/C16H28N2O5S/c1-15(2,3)23-14(20)18-8-5-6-12(10-18)13(19)17-16(4)7-9-24(21,22)11-16/h12H,5-11H2,1-4H3,(H,17,19). The largest absolute Gasteiger partial charge is 0.444 e. The molecule has 0 aromatic rings. The van der Waals surface area contributed by atoms with Gasteiger partial charge in [0.1, 0.15) is 5.60 Å². The number of sulfone groups is 1. The molecule has 2 heterocycles. The molecule has 0 saturated carbocycles. The van der Waals surface area contributed by atoms with Crippen molar-refractivity contribution in [2.45, 2.75) is 58.1 Å². The number of nitrogens with one attached hydrogen (secondary N) is 1. The van der Waals surface area contributed by atoms with Crippen LogP contribution in [0.4, 0.5) is 4.79 Å². The molecule has 0 aliphatic carbocycles. The first-order valence-corrected chi connectivity index (χ1v) is 10.2. The predicted molar refractivity (Wildman–Crippen MR) is 90.3 cm³/mol. The number of hydrogen-bond donors (Lipinski definition) is 1. The SMILES string of the molecule is CC1(NC(=O)C2CCCN(C(=O)OC(C)(C)C)C2)CCS(=O)(=O)C1. The summed E-state index contributed by atoms with van der Waals surface area (Å²) in [5.41, 5.74) is -1.28. The second kappa shape index (κ2) is 6.54. The molecule has 2 saturated heterocycles. The summed E-state index contributed by atoms with van der Waals surface area (Å²) >= 11 is 0. The molecule has 1 N–H and O–H groups in total. The number of piperidine rings is 1.